The molecule has 1 aliphatic heterocycles. The molecular weight excluding hydrogens is 489 g/mol. The van der Waals surface area contributed by atoms with Crippen molar-refractivity contribution in [2.75, 3.05) is 6.61 Å². The molecule has 0 amide bonds. The van der Waals surface area contributed by atoms with E-state index in [1.165, 1.54) is 6.42 Å². The van der Waals surface area contributed by atoms with Crippen LogP contribution in [0.25, 0.3) is 11.3 Å². The first-order valence-electron chi connectivity index (χ1n) is 8.89. The van der Waals surface area contributed by atoms with Crippen molar-refractivity contribution < 1.29 is 59.0 Å². The Kier molecular flexibility index (Phi) is 8.35. The number of benzene rings is 1. The van der Waals surface area contributed by atoms with Crippen LogP contribution in [0.4, 0.5) is 13.2 Å². The second-order valence-corrected chi connectivity index (χ2v) is 6.48. The standard InChI is InChI=1S/C19H20F3N2O5.Mo/c1-2-10-5-11(12-7-24-16(8-23-12)19(20,21)22)3-4-14(10)28-17-6-13(26)18(27)15(9-25)29-17;/h3-8,13,15,17-18,25-27H,2,9H2,1H3;/q-1;/t13-,15-,17+,18+;/m1./s1. The molecule has 1 aliphatic rings. The first-order valence-corrected chi connectivity index (χ1v) is 8.89. The Morgan fingerprint density at radius 2 is 1.93 bits per heavy atom. The number of aryl methyl sites for hydroxylation is 1. The van der Waals surface area contributed by atoms with E-state index in [9.17, 15) is 28.5 Å². The van der Waals surface area contributed by atoms with Gasteiger partial charge in [0.05, 0.1) is 37.1 Å². The third kappa shape index (κ3) is 5.56. The van der Waals surface area contributed by atoms with E-state index >= 15 is 0 Å². The number of hydrogen-bond donors (Lipinski definition) is 3. The van der Waals surface area contributed by atoms with Gasteiger partial charge in [0.2, 0.25) is 0 Å². The van der Waals surface area contributed by atoms with Crippen molar-refractivity contribution >= 4 is 0 Å². The van der Waals surface area contributed by atoms with Gasteiger partial charge < -0.3 is 24.8 Å². The number of rotatable bonds is 5. The van der Waals surface area contributed by atoms with Crippen molar-refractivity contribution in [3.63, 3.8) is 0 Å². The van der Waals surface area contributed by atoms with Gasteiger partial charge in [-0.05, 0) is 36.3 Å². The molecule has 1 fully saturated rings. The molecule has 0 spiro atoms. The van der Waals surface area contributed by atoms with Gasteiger partial charge in [0.25, 0.3) is 0 Å². The molecular formula is C19H20F3MoN2O5-. The summed E-state index contributed by atoms with van der Waals surface area (Å²) in [5.74, 6) is 0.428. The summed E-state index contributed by atoms with van der Waals surface area (Å²) in [7, 11) is 0. The minimum atomic E-state index is -4.56. The molecule has 2 aromatic rings. The van der Waals surface area contributed by atoms with E-state index in [-0.39, 0.29) is 26.8 Å². The van der Waals surface area contributed by atoms with Crippen LogP contribution in [0.3, 0.4) is 0 Å². The van der Waals surface area contributed by atoms with Gasteiger partial charge in [0.15, 0.2) is 5.69 Å². The molecule has 0 saturated carbocycles. The van der Waals surface area contributed by atoms with E-state index in [0.29, 0.717) is 23.9 Å². The van der Waals surface area contributed by atoms with Gasteiger partial charge >= 0.3 is 6.18 Å². The van der Waals surface area contributed by atoms with Gasteiger partial charge in [-0.1, -0.05) is 6.92 Å². The number of hydrogen-bond acceptors (Lipinski definition) is 7. The molecule has 3 N–H and O–H groups in total. The van der Waals surface area contributed by atoms with Crippen molar-refractivity contribution in [2.45, 2.75) is 44.1 Å². The summed E-state index contributed by atoms with van der Waals surface area (Å²) in [5, 5.41) is 28.9. The van der Waals surface area contributed by atoms with Crippen LogP contribution in [0.15, 0.2) is 30.6 Å². The number of ether oxygens (including phenoxy) is 2. The zero-order chi connectivity index (χ0) is 21.2. The summed E-state index contributed by atoms with van der Waals surface area (Å²) < 4.78 is 49.1. The van der Waals surface area contributed by atoms with Gasteiger partial charge in [-0.2, -0.15) is 13.2 Å². The maximum Gasteiger partial charge on any atom is 0.434 e. The van der Waals surface area contributed by atoms with Crippen LogP contribution in [0.2, 0.25) is 0 Å². The number of aromatic nitrogens is 2. The van der Waals surface area contributed by atoms with Crippen LogP contribution in [0, 0.1) is 6.42 Å². The average molecular weight is 509 g/mol. The van der Waals surface area contributed by atoms with Gasteiger partial charge in [-0.25, -0.2) is 11.4 Å². The second-order valence-electron chi connectivity index (χ2n) is 6.48. The molecule has 3 rings (SSSR count). The molecule has 4 atom stereocenters. The Labute approximate surface area is 185 Å². The number of aliphatic hydroxyl groups excluding tert-OH is 3. The zero-order valence-electron chi connectivity index (χ0n) is 15.8. The minimum absolute atomic E-state index is 0. The summed E-state index contributed by atoms with van der Waals surface area (Å²) in [6.45, 7) is 1.38. The molecule has 2 heterocycles. The summed E-state index contributed by atoms with van der Waals surface area (Å²) >= 11 is 0. The normalized spacial score (nSPS) is 24.2. The summed E-state index contributed by atoms with van der Waals surface area (Å²) in [5.41, 5.74) is 0.495. The zero-order valence-corrected chi connectivity index (χ0v) is 17.8. The third-order valence-corrected chi connectivity index (χ3v) is 4.50. The molecule has 0 aliphatic carbocycles. The first-order chi connectivity index (χ1) is 13.7. The molecule has 0 unspecified atom stereocenters. The number of halogens is 3. The number of alkyl halides is 3. The molecule has 11 heteroatoms. The largest absolute Gasteiger partial charge is 0.495 e. The molecule has 30 heavy (non-hydrogen) atoms. The van der Waals surface area contributed by atoms with Crippen LogP contribution in [0.1, 0.15) is 18.2 Å². The van der Waals surface area contributed by atoms with Crippen LogP contribution in [0.5, 0.6) is 5.75 Å². The fourth-order valence-electron chi connectivity index (χ4n) is 2.89. The molecule has 0 bridgehead atoms. The Bertz CT molecular complexity index is 838. The predicted molar refractivity (Wildman–Crippen MR) is 94.5 cm³/mol. The fraction of sp³-hybridized carbons (Fsp3) is 0.421. The minimum Gasteiger partial charge on any atom is -0.495 e. The first kappa shape index (κ1) is 24.7. The smallest absolute Gasteiger partial charge is 0.434 e. The van der Waals surface area contributed by atoms with Crippen molar-refractivity contribution in [3.8, 4) is 17.0 Å². The third-order valence-electron chi connectivity index (χ3n) is 4.50. The second kappa shape index (κ2) is 10.2. The molecule has 1 saturated heterocycles. The van der Waals surface area contributed by atoms with E-state index < -0.39 is 43.1 Å². The molecule has 0 radical (unpaired) electrons. The average Bonchev–Trinajstić information content (AvgIpc) is 2.70. The molecule has 164 valence electrons. The van der Waals surface area contributed by atoms with Crippen LogP contribution < -0.4 is 4.74 Å². The van der Waals surface area contributed by atoms with Gasteiger partial charge in [-0.3, -0.25) is 4.98 Å². The predicted octanol–water partition coefficient (Wildman–Crippen LogP) is 1.74. The maximum atomic E-state index is 12.6. The van der Waals surface area contributed by atoms with E-state index in [0.717, 1.165) is 11.8 Å². The van der Waals surface area contributed by atoms with E-state index in [1.807, 2.05) is 6.92 Å². The van der Waals surface area contributed by atoms with Gasteiger partial charge in [-0.15, -0.1) is 0 Å². The number of nitrogens with zero attached hydrogens (tertiary/aromatic N) is 2. The summed E-state index contributed by atoms with van der Waals surface area (Å²) in [4.78, 5) is 7.24. The van der Waals surface area contributed by atoms with E-state index in [4.69, 9.17) is 9.47 Å². The maximum absolute atomic E-state index is 12.6. The van der Waals surface area contributed by atoms with Crippen molar-refractivity contribution in [1.29, 1.82) is 0 Å². The Balaban J connectivity index is 0.00000320. The van der Waals surface area contributed by atoms with Crippen LogP contribution >= 0.6 is 0 Å². The molecule has 1 aromatic heterocycles. The van der Waals surface area contributed by atoms with Crippen molar-refractivity contribution in [3.05, 3.63) is 48.3 Å². The Morgan fingerprint density at radius 3 is 2.50 bits per heavy atom. The van der Waals surface area contributed by atoms with Crippen molar-refractivity contribution in [1.82, 2.24) is 9.97 Å². The van der Waals surface area contributed by atoms with Crippen LogP contribution in [-0.2, 0) is 38.4 Å². The van der Waals surface area contributed by atoms with Gasteiger partial charge in [0, 0.05) is 26.6 Å². The SMILES string of the molecule is CCc1cc(-c2cnc(C(F)(F)F)cn2)ccc1O[C@@H]1[CH-][C@@H](O)[C@H](O)[C@@H](CO)O1.[Mo]. The van der Waals surface area contributed by atoms with Crippen LogP contribution in [-0.4, -0.2) is 56.5 Å². The van der Waals surface area contributed by atoms with E-state index in [2.05, 4.69) is 9.97 Å². The van der Waals surface area contributed by atoms with Gasteiger partial charge in [0.1, 0.15) is 11.9 Å². The monoisotopic (exact) mass is 511 g/mol. The molecule has 7 nitrogen and oxygen atoms in total. The Morgan fingerprint density at radius 1 is 1.20 bits per heavy atom. The topological polar surface area (TPSA) is 105 Å². The summed E-state index contributed by atoms with van der Waals surface area (Å²) in [6, 6.07) is 4.93. The summed E-state index contributed by atoms with van der Waals surface area (Å²) in [6.07, 6.45) is -5.48. The number of aliphatic hydroxyl groups is 3. The fourth-order valence-corrected chi connectivity index (χ4v) is 2.89. The van der Waals surface area contributed by atoms with E-state index in [1.54, 1.807) is 18.2 Å². The quantitative estimate of drug-likeness (QED) is 0.417. The molecule has 1 aromatic carbocycles. The van der Waals surface area contributed by atoms with Crippen molar-refractivity contribution in [2.24, 2.45) is 0 Å². The Hall–Kier alpha value is -1.58.